The van der Waals surface area contributed by atoms with E-state index in [1.54, 1.807) is 0 Å². The lowest BCUT2D eigenvalue weighted by Gasteiger charge is -2.26. The third-order valence-corrected chi connectivity index (χ3v) is 7.07. The lowest BCUT2D eigenvalue weighted by molar-refractivity contribution is 0.498. The van der Waals surface area contributed by atoms with Gasteiger partial charge in [-0.1, -0.05) is 82.4 Å². The molecule has 1 aromatic carbocycles. The quantitative estimate of drug-likeness (QED) is 0.273. The third-order valence-electron chi connectivity index (χ3n) is 5.14. The van der Waals surface area contributed by atoms with Gasteiger partial charge in [-0.3, -0.25) is 10.3 Å². The molecule has 6 heteroatoms. The van der Waals surface area contributed by atoms with E-state index < -0.39 is 0 Å². The predicted molar refractivity (Wildman–Crippen MR) is 130 cm³/mol. The SMILES string of the molecule is CCCCCCCCCCCC1SC(C)C(=N)N1C(=S)Nc1cccc(Cl)c1. The molecule has 3 nitrogen and oxygen atoms in total. The number of rotatable bonds is 11. The fraction of sp³-hybridized carbons (Fsp3) is 0.636. The highest BCUT2D eigenvalue weighted by Crippen LogP contribution is 2.35. The summed E-state index contributed by atoms with van der Waals surface area (Å²) in [6.07, 6.45) is 13.1. The smallest absolute Gasteiger partial charge is 0.179 e. The van der Waals surface area contributed by atoms with Gasteiger partial charge in [-0.05, 0) is 43.8 Å². The Balaban J connectivity index is 1.76. The summed E-state index contributed by atoms with van der Waals surface area (Å²) in [4.78, 5) is 2.00. The number of thiocarbonyl (C=S) groups is 1. The molecular formula is C22H34ClN3S2. The minimum atomic E-state index is 0.183. The number of thioether (sulfide) groups is 1. The molecule has 0 saturated carbocycles. The molecule has 1 saturated heterocycles. The number of hydrogen-bond acceptors (Lipinski definition) is 3. The summed E-state index contributed by atoms with van der Waals surface area (Å²) < 4.78 is 0. The van der Waals surface area contributed by atoms with Crippen molar-refractivity contribution in [1.82, 2.24) is 4.90 Å². The maximum atomic E-state index is 8.46. The molecule has 0 spiro atoms. The first-order valence-electron chi connectivity index (χ1n) is 10.6. The average Bonchev–Trinajstić information content (AvgIpc) is 2.94. The number of benzene rings is 1. The van der Waals surface area contributed by atoms with Crippen molar-refractivity contribution in [3.05, 3.63) is 29.3 Å². The Labute approximate surface area is 185 Å². The number of hydrogen-bond donors (Lipinski definition) is 2. The Morgan fingerprint density at radius 1 is 1.14 bits per heavy atom. The van der Waals surface area contributed by atoms with Crippen molar-refractivity contribution in [2.75, 3.05) is 5.32 Å². The molecule has 0 aliphatic carbocycles. The maximum absolute atomic E-state index is 8.46. The maximum Gasteiger partial charge on any atom is 0.179 e. The minimum absolute atomic E-state index is 0.183. The van der Waals surface area contributed by atoms with Crippen LogP contribution in [0.3, 0.4) is 0 Å². The molecule has 2 unspecified atom stereocenters. The molecular weight excluding hydrogens is 406 g/mol. The summed E-state index contributed by atoms with van der Waals surface area (Å²) in [6.45, 7) is 4.36. The monoisotopic (exact) mass is 439 g/mol. The fourth-order valence-electron chi connectivity index (χ4n) is 3.53. The Morgan fingerprint density at radius 3 is 2.43 bits per heavy atom. The lowest BCUT2D eigenvalue weighted by Crippen LogP contribution is -2.41. The summed E-state index contributed by atoms with van der Waals surface area (Å²) in [7, 11) is 0. The van der Waals surface area contributed by atoms with Crippen LogP contribution in [0, 0.1) is 5.41 Å². The van der Waals surface area contributed by atoms with E-state index in [9.17, 15) is 0 Å². The van der Waals surface area contributed by atoms with E-state index in [2.05, 4.69) is 19.2 Å². The minimum Gasteiger partial charge on any atom is -0.332 e. The van der Waals surface area contributed by atoms with E-state index in [1.807, 2.05) is 40.9 Å². The molecule has 0 radical (unpaired) electrons. The molecule has 1 fully saturated rings. The largest absolute Gasteiger partial charge is 0.332 e. The van der Waals surface area contributed by atoms with Crippen LogP contribution in [0.4, 0.5) is 5.69 Å². The van der Waals surface area contributed by atoms with E-state index in [4.69, 9.17) is 29.2 Å². The first-order chi connectivity index (χ1) is 13.5. The summed E-state index contributed by atoms with van der Waals surface area (Å²) in [6, 6.07) is 7.56. The first kappa shape index (κ1) is 23.5. The molecule has 1 aliphatic rings. The van der Waals surface area contributed by atoms with Crippen molar-refractivity contribution in [1.29, 1.82) is 5.41 Å². The Hall–Kier alpha value is -0.780. The predicted octanol–water partition coefficient (Wildman–Crippen LogP) is 7.70. The molecule has 1 aliphatic heterocycles. The van der Waals surface area contributed by atoms with Crippen molar-refractivity contribution >= 4 is 52.2 Å². The molecule has 0 amide bonds. The Morgan fingerprint density at radius 2 is 1.79 bits per heavy atom. The van der Waals surface area contributed by atoms with Gasteiger partial charge in [0.05, 0.1) is 10.6 Å². The van der Waals surface area contributed by atoms with Crippen molar-refractivity contribution < 1.29 is 0 Å². The van der Waals surface area contributed by atoms with Crippen LogP contribution in [0.1, 0.15) is 78.1 Å². The normalized spacial score (nSPS) is 19.2. The Bertz CT molecular complexity index is 638. The number of nitrogens with one attached hydrogen (secondary N) is 2. The summed E-state index contributed by atoms with van der Waals surface area (Å²) in [5.41, 5.74) is 0.872. The third kappa shape index (κ3) is 7.57. The zero-order valence-corrected chi connectivity index (χ0v) is 19.6. The van der Waals surface area contributed by atoms with E-state index in [0.29, 0.717) is 16.0 Å². The standard InChI is InChI=1S/C22H34ClN3S2/c1-3-4-5-6-7-8-9-10-11-15-20-26(21(24)17(2)28-20)22(27)25-19-14-12-13-18(23)16-19/h12-14,16-17,20,24H,3-11,15H2,1-2H3,(H,25,27). The number of anilines is 1. The van der Waals surface area contributed by atoms with Gasteiger partial charge in [0.25, 0.3) is 0 Å². The molecule has 156 valence electrons. The first-order valence-corrected chi connectivity index (χ1v) is 12.4. The summed E-state index contributed by atoms with van der Waals surface area (Å²) >= 11 is 13.6. The van der Waals surface area contributed by atoms with E-state index >= 15 is 0 Å². The highest BCUT2D eigenvalue weighted by Gasteiger charge is 2.36. The second-order valence-corrected chi connectivity index (χ2v) is 9.89. The van der Waals surface area contributed by atoms with E-state index in [1.165, 1.54) is 57.8 Å². The van der Waals surface area contributed by atoms with Crippen molar-refractivity contribution in [2.24, 2.45) is 0 Å². The van der Waals surface area contributed by atoms with Gasteiger partial charge in [0, 0.05) is 10.7 Å². The van der Waals surface area contributed by atoms with Gasteiger partial charge in [0.1, 0.15) is 5.84 Å². The molecule has 28 heavy (non-hydrogen) atoms. The van der Waals surface area contributed by atoms with Gasteiger partial charge in [-0.2, -0.15) is 0 Å². The molecule has 2 rings (SSSR count). The molecule has 2 N–H and O–H groups in total. The van der Waals surface area contributed by atoms with Gasteiger partial charge in [0.2, 0.25) is 0 Å². The second kappa shape index (κ2) is 12.7. The van der Waals surface area contributed by atoms with E-state index in [-0.39, 0.29) is 10.6 Å². The van der Waals surface area contributed by atoms with Crippen LogP contribution < -0.4 is 5.32 Å². The van der Waals surface area contributed by atoms with Crippen molar-refractivity contribution in [3.8, 4) is 0 Å². The molecule has 1 heterocycles. The molecule has 0 bridgehead atoms. The zero-order valence-electron chi connectivity index (χ0n) is 17.2. The average molecular weight is 440 g/mol. The van der Waals surface area contributed by atoms with Crippen molar-refractivity contribution in [3.63, 3.8) is 0 Å². The number of unbranched alkanes of at least 4 members (excludes halogenated alkanes) is 8. The van der Waals surface area contributed by atoms with Crippen LogP contribution in [0.5, 0.6) is 0 Å². The van der Waals surface area contributed by atoms with Crippen molar-refractivity contribution in [2.45, 2.75) is 88.7 Å². The highest BCUT2D eigenvalue weighted by atomic mass is 35.5. The van der Waals surface area contributed by atoms with Gasteiger partial charge in [-0.15, -0.1) is 11.8 Å². The van der Waals surface area contributed by atoms with Crippen LogP contribution in [0.15, 0.2) is 24.3 Å². The number of halogens is 1. The summed E-state index contributed by atoms with van der Waals surface area (Å²) in [5, 5.41) is 13.4. The van der Waals surface area contributed by atoms with Gasteiger partial charge in [0.15, 0.2) is 5.11 Å². The summed E-state index contributed by atoms with van der Waals surface area (Å²) in [5.74, 6) is 0.602. The van der Waals surface area contributed by atoms with Crippen LogP contribution in [0.25, 0.3) is 0 Å². The lowest BCUT2D eigenvalue weighted by atomic mass is 10.1. The molecule has 2 atom stereocenters. The molecule has 1 aromatic rings. The van der Waals surface area contributed by atoms with E-state index in [0.717, 1.165) is 12.1 Å². The zero-order chi connectivity index (χ0) is 20.4. The highest BCUT2D eigenvalue weighted by molar-refractivity contribution is 8.01. The van der Waals surface area contributed by atoms with Crippen LogP contribution >= 0.6 is 35.6 Å². The Kier molecular flexibility index (Phi) is 10.7. The topological polar surface area (TPSA) is 39.1 Å². The number of amidine groups is 1. The van der Waals surface area contributed by atoms with Crippen LogP contribution in [-0.2, 0) is 0 Å². The fourth-order valence-corrected chi connectivity index (χ4v) is 5.49. The van der Waals surface area contributed by atoms with Crippen LogP contribution in [-0.4, -0.2) is 26.5 Å². The molecule has 0 aromatic heterocycles. The second-order valence-electron chi connectivity index (χ2n) is 7.55. The van der Waals surface area contributed by atoms with Gasteiger partial charge >= 0.3 is 0 Å². The number of nitrogens with zero attached hydrogens (tertiary/aromatic N) is 1. The van der Waals surface area contributed by atoms with Gasteiger partial charge < -0.3 is 5.32 Å². The van der Waals surface area contributed by atoms with Gasteiger partial charge in [-0.25, -0.2) is 0 Å². The van der Waals surface area contributed by atoms with Crippen LogP contribution in [0.2, 0.25) is 5.02 Å².